The van der Waals surface area contributed by atoms with Crippen molar-refractivity contribution in [1.29, 1.82) is 0 Å². The van der Waals surface area contributed by atoms with Crippen molar-refractivity contribution in [2.75, 3.05) is 0 Å². The predicted octanol–water partition coefficient (Wildman–Crippen LogP) is 3.21. The second-order valence-electron chi connectivity index (χ2n) is 6.14. The number of aromatic nitrogens is 6. The van der Waals surface area contributed by atoms with Gasteiger partial charge in [0.2, 0.25) is 0 Å². The third kappa shape index (κ3) is 2.41. The predicted molar refractivity (Wildman–Crippen MR) is 92.7 cm³/mol. The zero-order chi connectivity index (χ0) is 15.9. The van der Waals surface area contributed by atoms with E-state index in [1.54, 1.807) is 11.3 Å². The Kier molecular flexibility index (Phi) is 3.19. The molecule has 24 heavy (non-hydrogen) atoms. The van der Waals surface area contributed by atoms with E-state index < -0.39 is 0 Å². The van der Waals surface area contributed by atoms with E-state index >= 15 is 0 Å². The SMILES string of the molecule is c1cnc2c(c1)nc(Cn1ccnc1-c1nccs1)n2CC1CC1. The van der Waals surface area contributed by atoms with Crippen LogP contribution < -0.4 is 0 Å². The maximum absolute atomic E-state index is 4.83. The molecule has 0 atom stereocenters. The minimum atomic E-state index is 0.679. The Morgan fingerprint density at radius 3 is 2.92 bits per heavy atom. The first-order chi connectivity index (χ1) is 11.9. The first-order valence-electron chi connectivity index (χ1n) is 8.09. The molecule has 4 heterocycles. The van der Waals surface area contributed by atoms with Gasteiger partial charge in [-0.05, 0) is 30.9 Å². The number of hydrogen-bond acceptors (Lipinski definition) is 5. The maximum atomic E-state index is 4.83. The molecule has 0 N–H and O–H groups in total. The molecule has 0 spiro atoms. The van der Waals surface area contributed by atoms with Gasteiger partial charge in [-0.3, -0.25) is 0 Å². The number of thiazole rings is 1. The molecule has 0 amide bonds. The molecular weight excluding hydrogens is 320 g/mol. The summed E-state index contributed by atoms with van der Waals surface area (Å²) in [6.45, 7) is 1.68. The number of fused-ring (bicyclic) bond motifs is 1. The van der Waals surface area contributed by atoms with Gasteiger partial charge < -0.3 is 9.13 Å². The van der Waals surface area contributed by atoms with Gasteiger partial charge >= 0.3 is 0 Å². The monoisotopic (exact) mass is 336 g/mol. The minimum Gasteiger partial charge on any atom is -0.321 e. The van der Waals surface area contributed by atoms with Gasteiger partial charge in [-0.1, -0.05) is 0 Å². The maximum Gasteiger partial charge on any atom is 0.169 e. The van der Waals surface area contributed by atoms with Crippen molar-refractivity contribution in [2.45, 2.75) is 25.9 Å². The van der Waals surface area contributed by atoms with Crippen LogP contribution in [0.25, 0.3) is 22.0 Å². The highest BCUT2D eigenvalue weighted by Gasteiger charge is 2.25. The Morgan fingerprint density at radius 2 is 2.08 bits per heavy atom. The van der Waals surface area contributed by atoms with Crippen molar-refractivity contribution in [3.8, 4) is 10.8 Å². The van der Waals surface area contributed by atoms with Gasteiger partial charge in [0.15, 0.2) is 16.5 Å². The van der Waals surface area contributed by atoms with Crippen LogP contribution in [0.2, 0.25) is 0 Å². The summed E-state index contributed by atoms with van der Waals surface area (Å²) in [5.41, 5.74) is 1.94. The molecule has 1 aliphatic rings. The van der Waals surface area contributed by atoms with Crippen molar-refractivity contribution in [2.24, 2.45) is 5.92 Å². The van der Waals surface area contributed by atoms with Crippen LogP contribution in [0.4, 0.5) is 0 Å². The largest absolute Gasteiger partial charge is 0.321 e. The zero-order valence-electron chi connectivity index (χ0n) is 13.0. The highest BCUT2D eigenvalue weighted by atomic mass is 32.1. The summed E-state index contributed by atoms with van der Waals surface area (Å²) in [6, 6.07) is 3.98. The van der Waals surface area contributed by atoms with Gasteiger partial charge in [0.1, 0.15) is 11.3 Å². The molecule has 4 aromatic heterocycles. The van der Waals surface area contributed by atoms with Gasteiger partial charge in [-0.2, -0.15) is 0 Å². The highest BCUT2D eigenvalue weighted by molar-refractivity contribution is 7.13. The number of hydrogen-bond donors (Lipinski definition) is 0. The second-order valence-corrected chi connectivity index (χ2v) is 7.04. The number of imidazole rings is 2. The molecule has 6 nitrogen and oxygen atoms in total. The van der Waals surface area contributed by atoms with E-state index in [4.69, 9.17) is 4.98 Å². The van der Waals surface area contributed by atoms with Gasteiger partial charge in [0.05, 0.1) is 6.54 Å². The quantitative estimate of drug-likeness (QED) is 0.561. The zero-order valence-corrected chi connectivity index (χ0v) is 13.9. The fourth-order valence-corrected chi connectivity index (χ4v) is 3.65. The van der Waals surface area contributed by atoms with Crippen LogP contribution in [0, 0.1) is 5.92 Å². The summed E-state index contributed by atoms with van der Waals surface area (Å²) in [7, 11) is 0. The molecule has 0 unspecified atom stereocenters. The first kappa shape index (κ1) is 13.9. The van der Waals surface area contributed by atoms with Crippen molar-refractivity contribution in [3.63, 3.8) is 0 Å². The molecular formula is C17H16N6S. The van der Waals surface area contributed by atoms with E-state index in [-0.39, 0.29) is 0 Å². The molecule has 7 heteroatoms. The fraction of sp³-hybridized carbons (Fsp3) is 0.294. The Labute approximate surface area is 142 Å². The number of rotatable bonds is 5. The normalized spacial score (nSPS) is 14.5. The first-order valence-corrected chi connectivity index (χ1v) is 8.97. The van der Waals surface area contributed by atoms with E-state index in [0.29, 0.717) is 6.54 Å². The summed E-state index contributed by atoms with van der Waals surface area (Å²) in [4.78, 5) is 18.2. The lowest BCUT2D eigenvalue weighted by Crippen LogP contribution is -2.11. The van der Waals surface area contributed by atoms with Gasteiger partial charge in [-0.15, -0.1) is 11.3 Å². The molecule has 1 saturated carbocycles. The van der Waals surface area contributed by atoms with Crippen LogP contribution >= 0.6 is 11.3 Å². The molecule has 0 saturated heterocycles. The minimum absolute atomic E-state index is 0.679. The molecule has 120 valence electrons. The topological polar surface area (TPSA) is 61.4 Å². The molecule has 0 aromatic carbocycles. The molecule has 0 radical (unpaired) electrons. The van der Waals surface area contributed by atoms with E-state index in [1.807, 2.05) is 42.3 Å². The van der Waals surface area contributed by atoms with E-state index in [2.05, 4.69) is 24.1 Å². The Morgan fingerprint density at radius 1 is 1.12 bits per heavy atom. The Balaban J connectivity index is 1.56. The van der Waals surface area contributed by atoms with Crippen LogP contribution in [0.1, 0.15) is 18.7 Å². The van der Waals surface area contributed by atoms with Crippen LogP contribution in [-0.4, -0.2) is 29.1 Å². The van der Waals surface area contributed by atoms with E-state index in [1.165, 1.54) is 12.8 Å². The molecule has 0 bridgehead atoms. The standard InChI is InChI=1S/C17H16N6S/c1-2-13-15(18-5-1)23(10-12-3-4-12)14(21-13)11-22-8-6-19-16(22)17-20-7-9-24-17/h1-2,5-9,12H,3-4,10-11H2. The van der Waals surface area contributed by atoms with Crippen molar-refractivity contribution in [3.05, 3.63) is 48.1 Å². The Hall–Kier alpha value is -2.54. The van der Waals surface area contributed by atoms with Gasteiger partial charge in [0, 0.05) is 36.7 Å². The average molecular weight is 336 g/mol. The van der Waals surface area contributed by atoms with Crippen LogP contribution in [0.3, 0.4) is 0 Å². The third-order valence-electron chi connectivity index (χ3n) is 4.37. The highest BCUT2D eigenvalue weighted by Crippen LogP contribution is 2.32. The van der Waals surface area contributed by atoms with Crippen LogP contribution in [0.5, 0.6) is 0 Å². The van der Waals surface area contributed by atoms with Crippen LogP contribution in [-0.2, 0) is 13.1 Å². The lowest BCUT2D eigenvalue weighted by molar-refractivity contribution is 0.589. The molecule has 1 aliphatic carbocycles. The van der Waals surface area contributed by atoms with E-state index in [0.717, 1.165) is 40.3 Å². The molecule has 1 fully saturated rings. The molecule has 4 aromatic rings. The lowest BCUT2D eigenvalue weighted by atomic mass is 10.4. The second kappa shape index (κ2) is 5.52. The number of nitrogens with zero attached hydrogens (tertiary/aromatic N) is 6. The molecule has 5 rings (SSSR count). The third-order valence-corrected chi connectivity index (χ3v) is 5.14. The summed E-state index contributed by atoms with van der Waals surface area (Å²) in [6.07, 6.45) is 10.1. The average Bonchev–Trinajstić information content (AvgIpc) is 3.01. The Bertz CT molecular complexity index is 980. The van der Waals surface area contributed by atoms with Crippen molar-refractivity contribution >= 4 is 22.5 Å². The summed E-state index contributed by atoms with van der Waals surface area (Å²) in [5, 5.41) is 2.91. The number of pyridine rings is 1. The van der Waals surface area contributed by atoms with Gasteiger partial charge in [-0.25, -0.2) is 19.9 Å². The van der Waals surface area contributed by atoms with Crippen LogP contribution in [0.15, 0.2) is 42.3 Å². The lowest BCUT2D eigenvalue weighted by Gasteiger charge is -2.10. The smallest absolute Gasteiger partial charge is 0.169 e. The summed E-state index contributed by atoms with van der Waals surface area (Å²) < 4.78 is 4.39. The summed E-state index contributed by atoms with van der Waals surface area (Å²) >= 11 is 1.60. The fourth-order valence-electron chi connectivity index (χ4n) is 3.00. The van der Waals surface area contributed by atoms with E-state index in [9.17, 15) is 0 Å². The van der Waals surface area contributed by atoms with Crippen molar-refractivity contribution in [1.82, 2.24) is 29.1 Å². The molecule has 0 aliphatic heterocycles. The summed E-state index contributed by atoms with van der Waals surface area (Å²) in [5.74, 6) is 2.69. The van der Waals surface area contributed by atoms with Crippen molar-refractivity contribution < 1.29 is 0 Å². The van der Waals surface area contributed by atoms with Gasteiger partial charge in [0.25, 0.3) is 0 Å².